The third-order valence-corrected chi connectivity index (χ3v) is 1.50. The molecule has 0 amide bonds. The Balaban J connectivity index is 4.43. The molecule has 0 bridgehead atoms. The van der Waals surface area contributed by atoms with Crippen molar-refractivity contribution in [2.75, 3.05) is 0 Å². The van der Waals surface area contributed by atoms with Crippen molar-refractivity contribution in [3.63, 3.8) is 0 Å². The number of ether oxygens (including phenoxy) is 1. The van der Waals surface area contributed by atoms with Gasteiger partial charge in [-0.25, -0.2) is 4.79 Å². The van der Waals surface area contributed by atoms with Crippen LogP contribution in [0.4, 0.5) is 13.2 Å². The molecule has 3 nitrogen and oxygen atoms in total. The fourth-order valence-corrected chi connectivity index (χ4v) is 0.559. The van der Waals surface area contributed by atoms with E-state index >= 15 is 0 Å². The van der Waals surface area contributed by atoms with Crippen molar-refractivity contribution < 1.29 is 27.8 Å². The van der Waals surface area contributed by atoms with Gasteiger partial charge in [0.25, 0.3) is 0 Å². The molecule has 0 radical (unpaired) electrons. The Hall–Kier alpha value is -0.780. The lowest BCUT2D eigenvalue weighted by molar-refractivity contribution is -0.274. The molecule has 78 valence electrons. The highest BCUT2D eigenvalue weighted by Crippen LogP contribution is 2.33. The Labute approximate surface area is 73.5 Å². The van der Waals surface area contributed by atoms with Crippen LogP contribution in [0.15, 0.2) is 0 Å². The molecule has 0 aromatic carbocycles. The first kappa shape index (κ1) is 12.2. The van der Waals surface area contributed by atoms with Crippen LogP contribution in [0.1, 0.15) is 20.8 Å². The smallest absolute Gasteiger partial charge is 0.416 e. The van der Waals surface area contributed by atoms with E-state index in [4.69, 9.17) is 5.11 Å². The molecule has 1 atom stereocenters. The molecule has 0 saturated heterocycles. The first-order valence-electron chi connectivity index (χ1n) is 3.55. The summed E-state index contributed by atoms with van der Waals surface area (Å²) in [7, 11) is 0. The molecular formula is C7H11F3O3. The monoisotopic (exact) mass is 200 g/mol. The fourth-order valence-electron chi connectivity index (χ4n) is 0.559. The van der Waals surface area contributed by atoms with Crippen molar-refractivity contribution in [3.8, 4) is 0 Å². The lowest BCUT2D eigenvalue weighted by Gasteiger charge is -2.29. The maximum Gasteiger partial charge on any atom is 0.416 e. The van der Waals surface area contributed by atoms with E-state index in [2.05, 4.69) is 4.74 Å². The Bertz CT molecular complexity index is 198. The third kappa shape index (κ3) is 3.22. The van der Waals surface area contributed by atoms with Crippen molar-refractivity contribution in [1.82, 2.24) is 0 Å². The molecular weight excluding hydrogens is 189 g/mol. The van der Waals surface area contributed by atoms with Crippen molar-refractivity contribution >= 4 is 5.97 Å². The number of rotatable bonds is 3. The van der Waals surface area contributed by atoms with Gasteiger partial charge in [-0.2, -0.15) is 13.2 Å². The van der Waals surface area contributed by atoms with Crippen LogP contribution in [0, 0.1) is 0 Å². The van der Waals surface area contributed by atoms with E-state index in [1.165, 1.54) is 0 Å². The standard InChI is InChI=1S/C7H11F3O3/c1-4(5(11)12)13-6(2,3)7(8,9)10/h4H,1-3H3,(H,11,12)/t4-/m1/s1. The second-order valence-electron chi connectivity index (χ2n) is 3.11. The summed E-state index contributed by atoms with van der Waals surface area (Å²) >= 11 is 0. The van der Waals surface area contributed by atoms with E-state index in [0.29, 0.717) is 0 Å². The highest BCUT2D eigenvalue weighted by atomic mass is 19.4. The molecule has 13 heavy (non-hydrogen) atoms. The number of hydrogen-bond donors (Lipinski definition) is 1. The van der Waals surface area contributed by atoms with Gasteiger partial charge < -0.3 is 9.84 Å². The molecule has 6 heteroatoms. The molecule has 0 fully saturated rings. The number of halogens is 3. The van der Waals surface area contributed by atoms with Crippen LogP contribution in [-0.4, -0.2) is 29.0 Å². The molecule has 1 N–H and O–H groups in total. The summed E-state index contributed by atoms with van der Waals surface area (Å²) in [4.78, 5) is 10.2. The fraction of sp³-hybridized carbons (Fsp3) is 0.857. The van der Waals surface area contributed by atoms with Gasteiger partial charge >= 0.3 is 12.1 Å². The number of carboxylic acids is 1. The minimum Gasteiger partial charge on any atom is -0.479 e. The molecule has 0 heterocycles. The SMILES string of the molecule is C[C@@H](OC(C)(C)C(F)(F)F)C(=O)O. The molecule has 0 aromatic rings. The van der Waals surface area contributed by atoms with E-state index in [9.17, 15) is 18.0 Å². The quantitative estimate of drug-likeness (QED) is 0.755. The number of hydrogen-bond acceptors (Lipinski definition) is 2. The number of carboxylic acid groups (broad SMARTS) is 1. The average Bonchev–Trinajstić information content (AvgIpc) is 1.83. The highest BCUT2D eigenvalue weighted by Gasteiger charge is 2.50. The Kier molecular flexibility index (Phi) is 3.32. The Morgan fingerprint density at radius 2 is 1.77 bits per heavy atom. The first-order chi connectivity index (χ1) is 5.58. The summed E-state index contributed by atoms with van der Waals surface area (Å²) in [5, 5.41) is 8.32. The summed E-state index contributed by atoms with van der Waals surface area (Å²) in [5.41, 5.74) is -2.44. The molecule has 0 aromatic heterocycles. The lowest BCUT2D eigenvalue weighted by Crippen LogP contribution is -2.45. The van der Waals surface area contributed by atoms with Crippen LogP contribution < -0.4 is 0 Å². The third-order valence-electron chi connectivity index (χ3n) is 1.50. The van der Waals surface area contributed by atoms with Crippen molar-refractivity contribution in [1.29, 1.82) is 0 Å². The molecule has 0 aliphatic heterocycles. The Morgan fingerprint density at radius 1 is 1.38 bits per heavy atom. The number of alkyl halides is 3. The van der Waals surface area contributed by atoms with Gasteiger partial charge in [-0.15, -0.1) is 0 Å². The lowest BCUT2D eigenvalue weighted by atomic mass is 10.1. The van der Waals surface area contributed by atoms with E-state index in [0.717, 1.165) is 20.8 Å². The van der Waals surface area contributed by atoms with Crippen LogP contribution >= 0.6 is 0 Å². The molecule has 0 saturated carbocycles. The predicted octanol–water partition coefficient (Wildman–Crippen LogP) is 1.82. The number of carbonyl (C=O) groups is 1. The molecule has 0 unspecified atom stereocenters. The molecule has 0 rings (SSSR count). The summed E-state index contributed by atoms with van der Waals surface area (Å²) in [5.74, 6) is -1.42. The van der Waals surface area contributed by atoms with Gasteiger partial charge in [0.15, 0.2) is 11.7 Å². The van der Waals surface area contributed by atoms with Gasteiger partial charge in [0.2, 0.25) is 0 Å². The van der Waals surface area contributed by atoms with Gasteiger partial charge in [-0.05, 0) is 20.8 Å². The van der Waals surface area contributed by atoms with Crippen LogP contribution in [-0.2, 0) is 9.53 Å². The highest BCUT2D eigenvalue weighted by molar-refractivity contribution is 5.71. The maximum atomic E-state index is 12.1. The molecule has 0 aliphatic carbocycles. The van der Waals surface area contributed by atoms with E-state index in [-0.39, 0.29) is 0 Å². The summed E-state index contributed by atoms with van der Waals surface area (Å²) in [6.07, 6.45) is -6.05. The topological polar surface area (TPSA) is 46.5 Å². The minimum atomic E-state index is -4.57. The van der Waals surface area contributed by atoms with Crippen LogP contribution in [0.3, 0.4) is 0 Å². The summed E-state index contributed by atoms with van der Waals surface area (Å²) in [6.45, 7) is 2.62. The predicted molar refractivity (Wildman–Crippen MR) is 38.3 cm³/mol. The largest absolute Gasteiger partial charge is 0.479 e. The molecule has 0 spiro atoms. The second kappa shape index (κ2) is 3.53. The van der Waals surface area contributed by atoms with E-state index in [1.807, 2.05) is 0 Å². The summed E-state index contributed by atoms with van der Waals surface area (Å²) in [6, 6.07) is 0. The van der Waals surface area contributed by atoms with E-state index in [1.54, 1.807) is 0 Å². The zero-order chi connectivity index (χ0) is 10.9. The van der Waals surface area contributed by atoms with Crippen molar-refractivity contribution in [2.24, 2.45) is 0 Å². The number of aliphatic carboxylic acids is 1. The molecule has 0 aliphatic rings. The summed E-state index contributed by atoms with van der Waals surface area (Å²) < 4.78 is 40.8. The van der Waals surface area contributed by atoms with E-state index < -0.39 is 23.9 Å². The van der Waals surface area contributed by atoms with Gasteiger partial charge in [0, 0.05) is 0 Å². The minimum absolute atomic E-state index is 0.784. The van der Waals surface area contributed by atoms with Crippen LogP contribution in [0.25, 0.3) is 0 Å². The zero-order valence-electron chi connectivity index (χ0n) is 7.47. The Morgan fingerprint density at radius 3 is 2.00 bits per heavy atom. The first-order valence-corrected chi connectivity index (χ1v) is 3.55. The van der Waals surface area contributed by atoms with Gasteiger partial charge in [-0.1, -0.05) is 0 Å². The zero-order valence-corrected chi connectivity index (χ0v) is 7.47. The second-order valence-corrected chi connectivity index (χ2v) is 3.11. The van der Waals surface area contributed by atoms with Gasteiger partial charge in [0.1, 0.15) is 0 Å². The average molecular weight is 200 g/mol. The van der Waals surface area contributed by atoms with Crippen molar-refractivity contribution in [2.45, 2.75) is 38.7 Å². The van der Waals surface area contributed by atoms with Crippen molar-refractivity contribution in [3.05, 3.63) is 0 Å². The van der Waals surface area contributed by atoms with Crippen LogP contribution in [0.2, 0.25) is 0 Å². The van der Waals surface area contributed by atoms with Gasteiger partial charge in [-0.3, -0.25) is 0 Å². The maximum absolute atomic E-state index is 12.1. The normalized spacial score (nSPS) is 15.5. The van der Waals surface area contributed by atoms with Crippen LogP contribution in [0.5, 0.6) is 0 Å². The van der Waals surface area contributed by atoms with Gasteiger partial charge in [0.05, 0.1) is 0 Å².